The summed E-state index contributed by atoms with van der Waals surface area (Å²) in [6.45, 7) is 0.992. The van der Waals surface area contributed by atoms with Crippen LogP contribution in [0, 0.1) is 10.2 Å². The quantitative estimate of drug-likeness (QED) is 0.561. The van der Waals surface area contributed by atoms with Crippen LogP contribution < -0.4 is 4.66 Å². The molecular formula is C22H24Cl3NO5. The molecule has 2 atom stereocenters. The Balaban J connectivity index is 0.000000491. The van der Waals surface area contributed by atoms with Crippen molar-refractivity contribution in [3.8, 4) is 0 Å². The summed E-state index contributed by atoms with van der Waals surface area (Å²) in [5, 5.41) is 1.04. The van der Waals surface area contributed by atoms with Gasteiger partial charge in [0.1, 0.15) is 0 Å². The van der Waals surface area contributed by atoms with Gasteiger partial charge in [0.15, 0.2) is 5.78 Å². The van der Waals surface area contributed by atoms with Gasteiger partial charge in [-0.15, -0.1) is 0 Å². The molecule has 2 fully saturated rings. The summed E-state index contributed by atoms with van der Waals surface area (Å²) >= 11 is 12.2. The number of carbonyl (C=O) groups excluding carboxylic acids is 1. The van der Waals surface area contributed by atoms with Crippen molar-refractivity contribution in [2.24, 2.45) is 0 Å². The molecule has 168 valence electrons. The Labute approximate surface area is 193 Å². The Bertz CT molecular complexity index is 971. The van der Waals surface area contributed by atoms with Crippen LogP contribution >= 0.6 is 23.2 Å². The molecule has 31 heavy (non-hydrogen) atoms. The van der Waals surface area contributed by atoms with Crippen LogP contribution in [0.3, 0.4) is 0 Å². The van der Waals surface area contributed by atoms with Crippen LogP contribution in [0.1, 0.15) is 30.4 Å². The number of carbonyl (C=O) groups is 1. The number of likely N-dealkylation sites (N-methyl/N-ethyl adjacent to an activating group) is 1. The topological polar surface area (TPSA) is 104 Å². The van der Waals surface area contributed by atoms with Crippen LogP contribution in [0.25, 0.3) is 6.08 Å². The van der Waals surface area contributed by atoms with E-state index in [1.807, 2.05) is 24.3 Å². The molecule has 1 saturated carbocycles. The van der Waals surface area contributed by atoms with Crippen molar-refractivity contribution in [3.05, 3.63) is 75.3 Å². The van der Waals surface area contributed by atoms with E-state index in [-0.39, 0.29) is 17.2 Å². The Kier molecular flexibility index (Phi) is 7.46. The molecule has 1 aliphatic heterocycles. The molecule has 0 amide bonds. The normalized spacial score (nSPS) is 25.7. The zero-order valence-corrected chi connectivity index (χ0v) is 19.1. The number of ketones is 1. The van der Waals surface area contributed by atoms with E-state index in [1.165, 1.54) is 5.56 Å². The Morgan fingerprint density at radius 1 is 1.13 bits per heavy atom. The van der Waals surface area contributed by atoms with Crippen molar-refractivity contribution in [2.75, 3.05) is 13.6 Å². The molecule has 1 saturated heterocycles. The van der Waals surface area contributed by atoms with Crippen molar-refractivity contribution in [1.82, 2.24) is 4.90 Å². The molecule has 0 aromatic heterocycles. The molecule has 0 spiro atoms. The molecule has 3 N–H and O–H groups in total. The van der Waals surface area contributed by atoms with E-state index in [2.05, 4.69) is 36.2 Å². The molecule has 2 aromatic carbocycles. The molecule has 0 radical (unpaired) electrons. The second-order valence-electron chi connectivity index (χ2n) is 7.90. The zero-order chi connectivity index (χ0) is 22.8. The van der Waals surface area contributed by atoms with Crippen LogP contribution in [0.5, 0.6) is 0 Å². The fourth-order valence-corrected chi connectivity index (χ4v) is 4.70. The molecule has 1 aliphatic carbocycles. The standard InChI is InChI=1S/C22H21Cl2NO.ClH3O4/c1-25-10-9-22(16-5-3-2-4-6-16)13-20(25)17(21(26)14-22)11-15-7-8-18(23)19(24)12-15;2-1(3,4)5/h2-8,11-12,20H,9-10,13-14H2,1H3;2-4H/b17-11+;. The van der Waals surface area contributed by atoms with Crippen molar-refractivity contribution in [3.63, 3.8) is 0 Å². The summed E-state index contributed by atoms with van der Waals surface area (Å²) in [6, 6.07) is 16.2. The van der Waals surface area contributed by atoms with Gasteiger partial charge < -0.3 is 0 Å². The summed E-state index contributed by atoms with van der Waals surface area (Å²) < 4.78 is 30.2. The summed E-state index contributed by atoms with van der Waals surface area (Å²) in [4.78, 5) is 15.4. The van der Waals surface area contributed by atoms with Crippen LogP contribution in [-0.4, -0.2) is 44.3 Å². The number of benzene rings is 2. The maximum atomic E-state index is 13.1. The van der Waals surface area contributed by atoms with E-state index in [4.69, 9.17) is 41.8 Å². The SMILES string of the molecule is CN1CCC2(c3ccccc3)CC(=O)/C(=C/c3ccc(Cl)c(Cl)c3)C1C2.[O-][Cl+](O)(O)O. The first-order valence-corrected chi connectivity index (χ1v) is 11.7. The van der Waals surface area contributed by atoms with E-state index < -0.39 is 10.2 Å². The van der Waals surface area contributed by atoms with Crippen molar-refractivity contribution < 1.29 is 33.7 Å². The number of likely N-dealkylation sites (tertiary alicyclic amines) is 1. The second-order valence-corrected chi connectivity index (χ2v) is 9.59. The first kappa shape index (κ1) is 24.2. The van der Waals surface area contributed by atoms with Crippen LogP contribution in [0.2, 0.25) is 10.0 Å². The van der Waals surface area contributed by atoms with Crippen LogP contribution in [0.4, 0.5) is 0 Å². The predicted octanol–water partition coefficient (Wildman–Crippen LogP) is 2.52. The van der Waals surface area contributed by atoms with E-state index in [0.29, 0.717) is 16.5 Å². The summed E-state index contributed by atoms with van der Waals surface area (Å²) in [7, 11) is -2.08. The molecule has 2 aliphatic rings. The molecule has 2 bridgehead atoms. The van der Waals surface area contributed by atoms with Gasteiger partial charge in [-0.2, -0.15) is 0 Å². The van der Waals surface area contributed by atoms with Gasteiger partial charge in [0.05, 0.1) is 10.0 Å². The number of piperidine rings is 1. The Morgan fingerprint density at radius 2 is 1.77 bits per heavy atom. The second kappa shape index (κ2) is 9.57. The third-order valence-corrected chi connectivity index (χ3v) is 6.63. The van der Waals surface area contributed by atoms with E-state index in [0.717, 1.165) is 30.5 Å². The minimum absolute atomic E-state index is 0.0372. The van der Waals surface area contributed by atoms with Gasteiger partial charge in [-0.3, -0.25) is 9.69 Å². The van der Waals surface area contributed by atoms with Gasteiger partial charge in [-0.25, -0.2) is 0 Å². The molecule has 6 nitrogen and oxygen atoms in total. The van der Waals surface area contributed by atoms with Gasteiger partial charge in [-0.1, -0.05) is 59.6 Å². The third-order valence-electron chi connectivity index (χ3n) is 5.89. The van der Waals surface area contributed by atoms with Gasteiger partial charge in [0, 0.05) is 23.5 Å². The van der Waals surface area contributed by atoms with E-state index in [9.17, 15) is 4.79 Å². The fourth-order valence-electron chi connectivity index (χ4n) is 4.39. The van der Waals surface area contributed by atoms with Gasteiger partial charge >= 0.3 is 28.9 Å². The first-order chi connectivity index (χ1) is 14.5. The molecule has 2 aromatic rings. The number of fused-ring (bicyclic) bond motifs is 2. The number of rotatable bonds is 2. The average molecular weight is 489 g/mol. The number of halogens is 3. The van der Waals surface area contributed by atoms with Crippen LogP contribution in [0.15, 0.2) is 54.1 Å². The zero-order valence-electron chi connectivity index (χ0n) is 16.8. The summed E-state index contributed by atoms with van der Waals surface area (Å²) in [5.41, 5.74) is 3.07. The minimum atomic E-state index is -4.19. The number of hydrogen-bond acceptors (Lipinski definition) is 6. The number of hydrogen-bond donors (Lipinski definition) is 3. The van der Waals surface area contributed by atoms with Gasteiger partial charge in [0.2, 0.25) is 0 Å². The molecule has 1 heterocycles. The van der Waals surface area contributed by atoms with E-state index >= 15 is 0 Å². The first-order valence-electron chi connectivity index (χ1n) is 9.60. The monoisotopic (exact) mass is 487 g/mol. The summed E-state index contributed by atoms with van der Waals surface area (Å²) in [6.07, 6.45) is 4.57. The van der Waals surface area contributed by atoms with Crippen LogP contribution in [-0.2, 0) is 10.2 Å². The molecule has 9 heteroatoms. The van der Waals surface area contributed by atoms with E-state index in [1.54, 1.807) is 6.07 Å². The Hall–Kier alpha value is -1.48. The third kappa shape index (κ3) is 6.06. The van der Waals surface area contributed by atoms with Crippen molar-refractivity contribution in [1.29, 1.82) is 0 Å². The maximum absolute atomic E-state index is 13.1. The molecule has 2 unspecified atom stereocenters. The fraction of sp³-hybridized carbons (Fsp3) is 0.318. The van der Waals surface area contributed by atoms with Crippen molar-refractivity contribution in [2.45, 2.75) is 30.7 Å². The average Bonchev–Trinajstić information content (AvgIpc) is 2.70. The summed E-state index contributed by atoms with van der Waals surface area (Å²) in [5.74, 6) is 0.239. The predicted molar refractivity (Wildman–Crippen MR) is 114 cm³/mol. The molecule has 4 rings (SSSR count). The number of nitrogens with zero attached hydrogens (tertiary/aromatic N) is 1. The van der Waals surface area contributed by atoms with Gasteiger partial charge in [-0.05, 0) is 55.8 Å². The van der Waals surface area contributed by atoms with Crippen molar-refractivity contribution >= 4 is 35.1 Å². The number of Topliss-reactive ketones (excluding diaryl/α,β-unsaturated/α-hetero) is 1. The van der Waals surface area contributed by atoms with Gasteiger partial charge in [0.25, 0.3) is 0 Å². The Morgan fingerprint density at radius 3 is 2.39 bits per heavy atom. The molecular weight excluding hydrogens is 465 g/mol.